The standard InChI is InChI=1S/C21H42N2O2/c1-2-3-4-5-6-7-8-9-10-11-12-13-14-15-16-20-19-22-17-18-23(20)21(24)25/h20,22H,2-19H2,1H3,(H,24,25). The van der Waals surface area contributed by atoms with E-state index in [1.54, 1.807) is 4.90 Å². The van der Waals surface area contributed by atoms with Gasteiger partial charge in [-0.05, 0) is 6.42 Å². The molecule has 0 aromatic carbocycles. The molecule has 1 amide bonds. The molecule has 0 radical (unpaired) electrons. The van der Waals surface area contributed by atoms with Gasteiger partial charge in [-0.3, -0.25) is 0 Å². The van der Waals surface area contributed by atoms with Crippen LogP contribution < -0.4 is 5.32 Å². The fourth-order valence-electron chi connectivity index (χ4n) is 3.85. The monoisotopic (exact) mass is 354 g/mol. The molecule has 1 atom stereocenters. The number of carbonyl (C=O) groups is 1. The normalized spacial score (nSPS) is 17.8. The third-order valence-electron chi connectivity index (χ3n) is 5.49. The minimum atomic E-state index is -0.753. The van der Waals surface area contributed by atoms with Crippen LogP contribution in [-0.4, -0.2) is 41.8 Å². The molecule has 0 bridgehead atoms. The summed E-state index contributed by atoms with van der Waals surface area (Å²) in [4.78, 5) is 12.8. The molecule has 0 saturated carbocycles. The molecule has 0 aromatic heterocycles. The highest BCUT2D eigenvalue weighted by atomic mass is 16.4. The van der Waals surface area contributed by atoms with Crippen molar-refractivity contribution in [3.05, 3.63) is 0 Å². The number of hydrogen-bond donors (Lipinski definition) is 2. The van der Waals surface area contributed by atoms with E-state index in [1.165, 1.54) is 83.5 Å². The third kappa shape index (κ3) is 11.5. The Labute approximate surface area is 155 Å². The van der Waals surface area contributed by atoms with Crippen molar-refractivity contribution in [2.45, 2.75) is 109 Å². The Morgan fingerprint density at radius 2 is 1.36 bits per heavy atom. The Kier molecular flexibility index (Phi) is 13.8. The summed E-state index contributed by atoms with van der Waals surface area (Å²) < 4.78 is 0. The van der Waals surface area contributed by atoms with E-state index in [9.17, 15) is 9.90 Å². The van der Waals surface area contributed by atoms with Gasteiger partial charge in [0.25, 0.3) is 0 Å². The number of unbranched alkanes of at least 4 members (excludes halogenated alkanes) is 13. The van der Waals surface area contributed by atoms with Crippen LogP contribution in [0, 0.1) is 0 Å². The Bertz CT molecular complexity index is 323. The molecule has 0 spiro atoms. The average molecular weight is 355 g/mol. The fourth-order valence-corrected chi connectivity index (χ4v) is 3.85. The third-order valence-corrected chi connectivity index (χ3v) is 5.49. The summed E-state index contributed by atoms with van der Waals surface area (Å²) in [5.74, 6) is 0. The molecule has 1 aliphatic heterocycles. The molecular formula is C21H42N2O2. The van der Waals surface area contributed by atoms with Crippen molar-refractivity contribution >= 4 is 6.09 Å². The molecule has 4 heteroatoms. The summed E-state index contributed by atoms with van der Waals surface area (Å²) in [5.41, 5.74) is 0. The quantitative estimate of drug-likeness (QED) is 0.365. The summed E-state index contributed by atoms with van der Waals surface area (Å²) >= 11 is 0. The van der Waals surface area contributed by atoms with E-state index in [0.29, 0.717) is 6.54 Å². The largest absolute Gasteiger partial charge is 0.465 e. The zero-order chi connectivity index (χ0) is 18.2. The summed E-state index contributed by atoms with van der Waals surface area (Å²) in [7, 11) is 0. The first kappa shape index (κ1) is 22.3. The minimum absolute atomic E-state index is 0.184. The van der Waals surface area contributed by atoms with Gasteiger partial charge >= 0.3 is 6.09 Å². The van der Waals surface area contributed by atoms with Crippen molar-refractivity contribution in [2.24, 2.45) is 0 Å². The molecule has 4 nitrogen and oxygen atoms in total. The second kappa shape index (κ2) is 15.5. The molecule has 0 aromatic rings. The van der Waals surface area contributed by atoms with Gasteiger partial charge in [-0.15, -0.1) is 0 Å². The zero-order valence-corrected chi connectivity index (χ0v) is 16.6. The maximum Gasteiger partial charge on any atom is 0.407 e. The van der Waals surface area contributed by atoms with Gasteiger partial charge < -0.3 is 15.3 Å². The average Bonchev–Trinajstić information content (AvgIpc) is 2.62. The first-order valence-electron chi connectivity index (χ1n) is 11.0. The van der Waals surface area contributed by atoms with E-state index < -0.39 is 6.09 Å². The predicted octanol–water partition coefficient (Wildman–Crippen LogP) is 5.81. The van der Waals surface area contributed by atoms with Gasteiger partial charge in [-0.25, -0.2) is 4.79 Å². The summed E-state index contributed by atoms with van der Waals surface area (Å²) in [6.45, 7) is 4.53. The van der Waals surface area contributed by atoms with Gasteiger partial charge in [0, 0.05) is 25.7 Å². The van der Waals surface area contributed by atoms with Crippen molar-refractivity contribution < 1.29 is 9.90 Å². The van der Waals surface area contributed by atoms with Crippen LogP contribution in [0.3, 0.4) is 0 Å². The zero-order valence-electron chi connectivity index (χ0n) is 16.6. The molecule has 1 fully saturated rings. The van der Waals surface area contributed by atoms with Gasteiger partial charge in [-0.1, -0.05) is 96.8 Å². The van der Waals surface area contributed by atoms with E-state index in [-0.39, 0.29) is 6.04 Å². The van der Waals surface area contributed by atoms with Crippen LogP contribution in [0.5, 0.6) is 0 Å². The van der Waals surface area contributed by atoms with Crippen LogP contribution in [0.2, 0.25) is 0 Å². The molecular weight excluding hydrogens is 312 g/mol. The fraction of sp³-hybridized carbons (Fsp3) is 0.952. The Morgan fingerprint density at radius 1 is 0.880 bits per heavy atom. The highest BCUT2D eigenvalue weighted by Gasteiger charge is 2.25. The summed E-state index contributed by atoms with van der Waals surface area (Å²) in [5, 5.41) is 12.5. The molecule has 2 N–H and O–H groups in total. The van der Waals surface area contributed by atoms with Gasteiger partial charge in [-0.2, -0.15) is 0 Å². The van der Waals surface area contributed by atoms with Crippen LogP contribution in [0.25, 0.3) is 0 Å². The topological polar surface area (TPSA) is 52.6 Å². The molecule has 1 heterocycles. The maximum atomic E-state index is 11.2. The summed E-state index contributed by atoms with van der Waals surface area (Å²) in [6, 6.07) is 0.184. The Hall–Kier alpha value is -0.770. The molecule has 1 unspecified atom stereocenters. The second-order valence-corrected chi connectivity index (χ2v) is 7.72. The lowest BCUT2D eigenvalue weighted by Gasteiger charge is -2.34. The van der Waals surface area contributed by atoms with Gasteiger partial charge in [0.15, 0.2) is 0 Å². The molecule has 25 heavy (non-hydrogen) atoms. The highest BCUT2D eigenvalue weighted by Crippen LogP contribution is 2.15. The van der Waals surface area contributed by atoms with E-state index in [2.05, 4.69) is 12.2 Å². The number of carboxylic acid groups (broad SMARTS) is 1. The van der Waals surface area contributed by atoms with Crippen molar-refractivity contribution in [2.75, 3.05) is 19.6 Å². The van der Waals surface area contributed by atoms with Crippen LogP contribution in [0.1, 0.15) is 103 Å². The SMILES string of the molecule is CCCCCCCCCCCCCCCCC1CNCCN1C(=O)O. The van der Waals surface area contributed by atoms with Crippen molar-refractivity contribution in [3.8, 4) is 0 Å². The lowest BCUT2D eigenvalue weighted by molar-refractivity contribution is 0.108. The molecule has 0 aliphatic carbocycles. The number of nitrogens with zero attached hydrogens (tertiary/aromatic N) is 1. The molecule has 1 saturated heterocycles. The van der Waals surface area contributed by atoms with Crippen molar-refractivity contribution in [3.63, 3.8) is 0 Å². The van der Waals surface area contributed by atoms with Crippen molar-refractivity contribution in [1.82, 2.24) is 10.2 Å². The van der Waals surface area contributed by atoms with Crippen LogP contribution in [0.4, 0.5) is 4.79 Å². The van der Waals surface area contributed by atoms with Gasteiger partial charge in [0.2, 0.25) is 0 Å². The Morgan fingerprint density at radius 3 is 1.84 bits per heavy atom. The van der Waals surface area contributed by atoms with Gasteiger partial charge in [0.1, 0.15) is 0 Å². The maximum absolute atomic E-state index is 11.2. The lowest BCUT2D eigenvalue weighted by Crippen LogP contribution is -2.53. The van der Waals surface area contributed by atoms with Crippen LogP contribution in [0.15, 0.2) is 0 Å². The number of nitrogens with one attached hydrogen (secondary N) is 1. The number of rotatable bonds is 15. The first-order valence-corrected chi connectivity index (χ1v) is 11.0. The number of hydrogen-bond acceptors (Lipinski definition) is 2. The minimum Gasteiger partial charge on any atom is -0.465 e. The smallest absolute Gasteiger partial charge is 0.407 e. The van der Waals surface area contributed by atoms with Crippen molar-refractivity contribution in [1.29, 1.82) is 0 Å². The molecule has 1 rings (SSSR count). The molecule has 1 aliphatic rings. The second-order valence-electron chi connectivity index (χ2n) is 7.72. The first-order chi connectivity index (χ1) is 12.3. The lowest BCUT2D eigenvalue weighted by atomic mass is 10.0. The van der Waals surface area contributed by atoms with Gasteiger partial charge in [0.05, 0.1) is 0 Å². The van der Waals surface area contributed by atoms with E-state index in [0.717, 1.165) is 25.9 Å². The van der Waals surface area contributed by atoms with Crippen LogP contribution >= 0.6 is 0 Å². The number of piperazine rings is 1. The highest BCUT2D eigenvalue weighted by molar-refractivity contribution is 5.65. The van der Waals surface area contributed by atoms with E-state index in [4.69, 9.17) is 0 Å². The molecule has 148 valence electrons. The Balaban J connectivity index is 1.83. The van der Waals surface area contributed by atoms with E-state index in [1.807, 2.05) is 0 Å². The number of amides is 1. The predicted molar refractivity (Wildman–Crippen MR) is 106 cm³/mol. The van der Waals surface area contributed by atoms with Crippen LogP contribution in [-0.2, 0) is 0 Å². The summed E-state index contributed by atoms with van der Waals surface area (Å²) in [6.07, 6.45) is 19.4. The van der Waals surface area contributed by atoms with E-state index >= 15 is 0 Å².